The number of benzene rings is 3. The zero-order valence-electron chi connectivity index (χ0n) is 18.0. The summed E-state index contributed by atoms with van der Waals surface area (Å²) in [4.78, 5) is 4.49. The molecule has 7 nitrogen and oxygen atoms in total. The molecule has 9 heteroatoms. The molecule has 0 amide bonds. The molecule has 0 aliphatic rings. The molecule has 0 saturated carbocycles. The quantitative estimate of drug-likeness (QED) is 0.271. The van der Waals surface area contributed by atoms with Crippen molar-refractivity contribution in [1.82, 2.24) is 24.9 Å². The van der Waals surface area contributed by atoms with E-state index in [0.717, 1.165) is 11.3 Å². The summed E-state index contributed by atoms with van der Waals surface area (Å²) in [6.07, 6.45) is 0.604. The summed E-state index contributed by atoms with van der Waals surface area (Å²) in [5.74, 6) is 1.85. The monoisotopic (exact) mass is 473 g/mol. The molecule has 5 aromatic rings. The fraction of sp³-hybridized carbons (Fsp3) is 0.120. The molecule has 0 spiro atoms. The number of aromatic nitrogens is 5. The van der Waals surface area contributed by atoms with E-state index in [4.69, 9.17) is 9.26 Å². The minimum Gasteiger partial charge on any atom is -0.483 e. The van der Waals surface area contributed by atoms with E-state index in [1.807, 2.05) is 65.2 Å². The Labute approximate surface area is 199 Å². The maximum Gasteiger partial charge on any atom is 0.237 e. The van der Waals surface area contributed by atoms with Gasteiger partial charge in [-0.1, -0.05) is 77.6 Å². The zero-order chi connectivity index (χ0) is 23.2. The molecule has 170 valence electrons. The van der Waals surface area contributed by atoms with E-state index >= 15 is 0 Å². The van der Waals surface area contributed by atoms with E-state index in [2.05, 4.69) is 20.3 Å². The highest BCUT2D eigenvalue weighted by Gasteiger charge is 2.17. The summed E-state index contributed by atoms with van der Waals surface area (Å²) in [6, 6.07) is 26.0. The van der Waals surface area contributed by atoms with E-state index in [1.54, 1.807) is 18.2 Å². The van der Waals surface area contributed by atoms with Gasteiger partial charge in [0, 0.05) is 12.1 Å². The lowest BCUT2D eigenvalue weighted by molar-refractivity contribution is 0.278. The first-order valence-electron chi connectivity index (χ1n) is 10.6. The molecule has 2 aromatic heterocycles. The highest BCUT2D eigenvalue weighted by Crippen LogP contribution is 2.26. The van der Waals surface area contributed by atoms with Gasteiger partial charge in [0.05, 0.1) is 5.75 Å². The van der Waals surface area contributed by atoms with Gasteiger partial charge < -0.3 is 9.26 Å². The van der Waals surface area contributed by atoms with E-state index in [-0.39, 0.29) is 12.4 Å². The lowest BCUT2D eigenvalue weighted by Gasteiger charge is -2.11. The van der Waals surface area contributed by atoms with Crippen molar-refractivity contribution in [2.45, 2.75) is 23.9 Å². The first-order chi connectivity index (χ1) is 16.8. The third-order valence-corrected chi connectivity index (χ3v) is 5.86. The molecular weight excluding hydrogens is 453 g/mol. The first-order valence-corrected chi connectivity index (χ1v) is 11.6. The zero-order valence-corrected chi connectivity index (χ0v) is 18.9. The Bertz CT molecular complexity index is 1360. The molecule has 34 heavy (non-hydrogen) atoms. The third-order valence-electron chi connectivity index (χ3n) is 4.95. The van der Waals surface area contributed by atoms with Crippen LogP contribution in [0.3, 0.4) is 0 Å². The number of halogens is 1. The number of thioether (sulfide) groups is 1. The smallest absolute Gasteiger partial charge is 0.237 e. The van der Waals surface area contributed by atoms with Crippen LogP contribution in [-0.2, 0) is 18.8 Å². The number of ether oxygens (including phenoxy) is 1. The van der Waals surface area contributed by atoms with Gasteiger partial charge in [-0.2, -0.15) is 4.98 Å². The second kappa shape index (κ2) is 10.3. The number of hydrogen-bond donors (Lipinski definition) is 0. The summed E-state index contributed by atoms with van der Waals surface area (Å²) in [5.41, 5.74) is 1.99. The summed E-state index contributed by atoms with van der Waals surface area (Å²) in [7, 11) is 0. The topological polar surface area (TPSA) is 78.9 Å². The standard InChI is InChI=1S/C25H20FN5O2S/c26-20-13-7-8-14-21(20)32-16-23-28-29-25(31(23)19-11-5-2-6-12-19)34-17-24-27-22(30-33-24)15-18-9-3-1-4-10-18/h1-14H,15-17H2. The molecule has 0 saturated heterocycles. The molecular formula is C25H20FN5O2S. The second-order valence-electron chi connectivity index (χ2n) is 7.34. The van der Waals surface area contributed by atoms with Crippen LogP contribution in [0.5, 0.6) is 5.75 Å². The van der Waals surface area contributed by atoms with Gasteiger partial charge in [-0.25, -0.2) is 4.39 Å². The molecule has 0 atom stereocenters. The molecule has 0 fully saturated rings. The molecule has 2 heterocycles. The van der Waals surface area contributed by atoms with Gasteiger partial charge in [-0.05, 0) is 29.8 Å². The van der Waals surface area contributed by atoms with Crippen LogP contribution in [0.1, 0.15) is 23.1 Å². The minimum atomic E-state index is -0.425. The Kier molecular flexibility index (Phi) is 6.62. The van der Waals surface area contributed by atoms with Gasteiger partial charge in [0.1, 0.15) is 6.61 Å². The van der Waals surface area contributed by atoms with Crippen molar-refractivity contribution in [3.8, 4) is 11.4 Å². The average Bonchev–Trinajstić information content (AvgIpc) is 3.50. The van der Waals surface area contributed by atoms with Gasteiger partial charge in [0.25, 0.3) is 0 Å². The summed E-state index contributed by atoms with van der Waals surface area (Å²) in [5, 5.41) is 13.3. The van der Waals surface area contributed by atoms with Gasteiger partial charge in [0.2, 0.25) is 5.89 Å². The molecule has 0 aliphatic heterocycles. The van der Waals surface area contributed by atoms with Crippen LogP contribution in [0, 0.1) is 5.82 Å². The van der Waals surface area contributed by atoms with E-state index in [1.165, 1.54) is 17.8 Å². The maximum atomic E-state index is 14.0. The first kappa shape index (κ1) is 21.8. The summed E-state index contributed by atoms with van der Waals surface area (Å²) < 4.78 is 27.0. The van der Waals surface area contributed by atoms with E-state index in [0.29, 0.717) is 34.9 Å². The predicted octanol–water partition coefficient (Wildman–Crippen LogP) is 5.25. The van der Waals surface area contributed by atoms with Crippen LogP contribution in [-0.4, -0.2) is 24.9 Å². The Morgan fingerprint density at radius 1 is 0.882 bits per heavy atom. The molecule has 0 radical (unpaired) electrons. The van der Waals surface area contributed by atoms with Crippen LogP contribution >= 0.6 is 11.8 Å². The van der Waals surface area contributed by atoms with Crippen LogP contribution in [0.25, 0.3) is 5.69 Å². The lowest BCUT2D eigenvalue weighted by atomic mass is 10.1. The van der Waals surface area contributed by atoms with Crippen LogP contribution in [0.4, 0.5) is 4.39 Å². The van der Waals surface area contributed by atoms with Gasteiger partial charge in [0.15, 0.2) is 28.4 Å². The Hall–Kier alpha value is -3.98. The van der Waals surface area contributed by atoms with E-state index in [9.17, 15) is 4.39 Å². The molecule has 3 aromatic carbocycles. The van der Waals surface area contributed by atoms with Crippen molar-refractivity contribution >= 4 is 11.8 Å². The van der Waals surface area contributed by atoms with Gasteiger partial charge in [-0.15, -0.1) is 10.2 Å². The van der Waals surface area contributed by atoms with Crippen molar-refractivity contribution < 1.29 is 13.7 Å². The molecule has 5 rings (SSSR count). The van der Waals surface area contributed by atoms with Crippen LogP contribution in [0.2, 0.25) is 0 Å². The fourth-order valence-electron chi connectivity index (χ4n) is 3.35. The average molecular weight is 474 g/mol. The minimum absolute atomic E-state index is 0.0607. The normalized spacial score (nSPS) is 11.0. The van der Waals surface area contributed by atoms with Gasteiger partial charge >= 0.3 is 0 Å². The van der Waals surface area contributed by atoms with Crippen LogP contribution in [0.15, 0.2) is 94.6 Å². The number of hydrogen-bond acceptors (Lipinski definition) is 7. The largest absolute Gasteiger partial charge is 0.483 e. The summed E-state index contributed by atoms with van der Waals surface area (Å²) in [6.45, 7) is 0.0607. The van der Waals surface area contributed by atoms with Crippen molar-refractivity contribution in [3.05, 3.63) is 114 Å². The molecule has 0 aliphatic carbocycles. The maximum absolute atomic E-state index is 14.0. The second-order valence-corrected chi connectivity index (χ2v) is 8.29. The SMILES string of the molecule is Fc1ccccc1OCc1nnc(SCc2nc(Cc3ccccc3)no2)n1-c1ccccc1. The van der Waals surface area contributed by atoms with Crippen molar-refractivity contribution in [3.63, 3.8) is 0 Å². The lowest BCUT2D eigenvalue weighted by Crippen LogP contribution is -2.07. The molecule has 0 N–H and O–H groups in total. The van der Waals surface area contributed by atoms with Crippen molar-refractivity contribution in [1.29, 1.82) is 0 Å². The fourth-order valence-corrected chi connectivity index (χ4v) is 4.16. The van der Waals surface area contributed by atoms with Gasteiger partial charge in [-0.3, -0.25) is 4.57 Å². The highest BCUT2D eigenvalue weighted by molar-refractivity contribution is 7.98. The molecule has 0 unspecified atom stereocenters. The third kappa shape index (κ3) is 5.15. The van der Waals surface area contributed by atoms with Crippen LogP contribution < -0.4 is 4.74 Å². The predicted molar refractivity (Wildman–Crippen MR) is 125 cm³/mol. The van der Waals surface area contributed by atoms with E-state index < -0.39 is 5.82 Å². The highest BCUT2D eigenvalue weighted by atomic mass is 32.2. The number of rotatable bonds is 9. The Balaban J connectivity index is 1.32. The Morgan fingerprint density at radius 3 is 2.41 bits per heavy atom. The number of nitrogens with zero attached hydrogens (tertiary/aromatic N) is 5. The number of para-hydroxylation sites is 2. The van der Waals surface area contributed by atoms with Crippen molar-refractivity contribution in [2.24, 2.45) is 0 Å². The molecule has 0 bridgehead atoms. The Morgan fingerprint density at radius 2 is 1.62 bits per heavy atom. The van der Waals surface area contributed by atoms with Crippen molar-refractivity contribution in [2.75, 3.05) is 0 Å². The summed E-state index contributed by atoms with van der Waals surface area (Å²) >= 11 is 1.42.